The van der Waals surface area contributed by atoms with Crippen LogP contribution in [0.4, 0.5) is 5.95 Å². The molecule has 7 nitrogen and oxygen atoms in total. The molecule has 3 aromatic rings. The van der Waals surface area contributed by atoms with E-state index in [9.17, 15) is 5.11 Å². The van der Waals surface area contributed by atoms with Crippen LogP contribution in [0.15, 0.2) is 60.8 Å². The molecule has 0 bridgehead atoms. The van der Waals surface area contributed by atoms with Gasteiger partial charge >= 0.3 is 0 Å². The minimum atomic E-state index is -0.0205. The standard InChI is InChI=1S/C21H21N3O4/c1-13(2)12-27-15-7-8-17(18(25)10-15)20-19(11-23-21(22)24-20)28-16-6-4-5-14(9-16)26-3/h4-11,25H,1,12H2,2-3H3,(H2,22,23,24). The Balaban J connectivity index is 1.95. The summed E-state index contributed by atoms with van der Waals surface area (Å²) < 4.78 is 16.7. The maximum absolute atomic E-state index is 10.5. The van der Waals surface area contributed by atoms with E-state index in [1.54, 1.807) is 37.4 Å². The Kier molecular flexibility index (Phi) is 5.64. The number of ether oxygens (including phenoxy) is 3. The molecule has 0 amide bonds. The molecule has 7 heteroatoms. The van der Waals surface area contributed by atoms with E-state index in [1.807, 2.05) is 13.0 Å². The van der Waals surface area contributed by atoms with Crippen LogP contribution in [0, 0.1) is 0 Å². The lowest BCUT2D eigenvalue weighted by atomic mass is 10.1. The summed E-state index contributed by atoms with van der Waals surface area (Å²) in [5.74, 6) is 2.09. The van der Waals surface area contributed by atoms with Crippen LogP contribution < -0.4 is 19.9 Å². The number of phenols is 1. The molecule has 0 saturated carbocycles. The van der Waals surface area contributed by atoms with E-state index >= 15 is 0 Å². The molecule has 0 aliphatic heterocycles. The molecule has 0 aliphatic carbocycles. The fourth-order valence-corrected chi connectivity index (χ4v) is 2.45. The second kappa shape index (κ2) is 8.30. The number of phenolic OH excluding ortho intramolecular Hbond substituents is 1. The minimum absolute atomic E-state index is 0.0205. The maximum Gasteiger partial charge on any atom is 0.220 e. The number of nitrogens with two attached hydrogens (primary N) is 1. The van der Waals surface area contributed by atoms with E-state index in [2.05, 4.69) is 16.5 Å². The number of anilines is 1. The molecule has 144 valence electrons. The highest BCUT2D eigenvalue weighted by Gasteiger charge is 2.16. The van der Waals surface area contributed by atoms with E-state index in [0.29, 0.717) is 40.9 Å². The van der Waals surface area contributed by atoms with Crippen LogP contribution in [0.1, 0.15) is 6.92 Å². The average molecular weight is 379 g/mol. The number of hydrogen-bond acceptors (Lipinski definition) is 7. The number of nitrogen functional groups attached to an aromatic ring is 1. The van der Waals surface area contributed by atoms with E-state index < -0.39 is 0 Å². The predicted molar refractivity (Wildman–Crippen MR) is 107 cm³/mol. The molecule has 28 heavy (non-hydrogen) atoms. The van der Waals surface area contributed by atoms with Crippen molar-refractivity contribution in [2.45, 2.75) is 6.92 Å². The van der Waals surface area contributed by atoms with Crippen molar-refractivity contribution in [3.8, 4) is 40.0 Å². The van der Waals surface area contributed by atoms with Gasteiger partial charge in [-0.1, -0.05) is 12.6 Å². The summed E-state index contributed by atoms with van der Waals surface area (Å²) in [5.41, 5.74) is 7.43. The van der Waals surface area contributed by atoms with Crippen molar-refractivity contribution in [3.05, 3.63) is 60.8 Å². The predicted octanol–water partition coefficient (Wildman–Crippen LogP) is 4.19. The lowest BCUT2D eigenvalue weighted by molar-refractivity contribution is 0.350. The summed E-state index contributed by atoms with van der Waals surface area (Å²) in [6.07, 6.45) is 1.46. The number of aromatic hydroxyl groups is 1. The summed E-state index contributed by atoms with van der Waals surface area (Å²) in [6, 6.07) is 12.0. The van der Waals surface area contributed by atoms with E-state index in [4.69, 9.17) is 19.9 Å². The molecule has 1 heterocycles. The highest BCUT2D eigenvalue weighted by Crippen LogP contribution is 2.38. The van der Waals surface area contributed by atoms with E-state index in [-0.39, 0.29) is 11.7 Å². The van der Waals surface area contributed by atoms with E-state index in [1.165, 1.54) is 12.3 Å². The fraction of sp³-hybridized carbons (Fsp3) is 0.143. The van der Waals surface area contributed by atoms with Crippen molar-refractivity contribution in [1.29, 1.82) is 0 Å². The Hall–Kier alpha value is -3.74. The zero-order valence-corrected chi connectivity index (χ0v) is 15.7. The zero-order chi connectivity index (χ0) is 20.1. The average Bonchev–Trinajstić information content (AvgIpc) is 2.68. The van der Waals surface area contributed by atoms with Crippen LogP contribution in [0.5, 0.6) is 28.7 Å². The number of hydrogen-bond donors (Lipinski definition) is 2. The third-order valence-corrected chi connectivity index (χ3v) is 3.75. The molecule has 3 N–H and O–H groups in total. The highest BCUT2D eigenvalue weighted by molar-refractivity contribution is 5.73. The van der Waals surface area contributed by atoms with Crippen molar-refractivity contribution in [1.82, 2.24) is 9.97 Å². The zero-order valence-electron chi connectivity index (χ0n) is 15.7. The molecule has 2 aromatic carbocycles. The first-order valence-electron chi connectivity index (χ1n) is 8.51. The monoisotopic (exact) mass is 379 g/mol. The van der Waals surface area contributed by atoms with Crippen LogP contribution in [-0.2, 0) is 0 Å². The van der Waals surface area contributed by atoms with Crippen molar-refractivity contribution in [3.63, 3.8) is 0 Å². The Morgan fingerprint density at radius 3 is 2.64 bits per heavy atom. The number of methoxy groups -OCH3 is 1. The molecule has 0 spiro atoms. The normalized spacial score (nSPS) is 10.4. The highest BCUT2D eigenvalue weighted by atomic mass is 16.5. The summed E-state index contributed by atoms with van der Waals surface area (Å²) in [7, 11) is 1.58. The van der Waals surface area contributed by atoms with Gasteiger partial charge in [0.25, 0.3) is 0 Å². The molecule has 0 saturated heterocycles. The van der Waals surface area contributed by atoms with Crippen molar-refractivity contribution in [2.75, 3.05) is 19.5 Å². The summed E-state index contributed by atoms with van der Waals surface area (Å²) >= 11 is 0. The summed E-state index contributed by atoms with van der Waals surface area (Å²) in [4.78, 5) is 8.24. The van der Waals surface area contributed by atoms with Crippen LogP contribution in [-0.4, -0.2) is 28.8 Å². The number of aromatic nitrogens is 2. The first kappa shape index (κ1) is 19.0. The van der Waals surface area contributed by atoms with Crippen LogP contribution in [0.3, 0.4) is 0 Å². The quantitative estimate of drug-likeness (QED) is 0.594. The smallest absolute Gasteiger partial charge is 0.220 e. The first-order chi connectivity index (χ1) is 13.5. The van der Waals surface area contributed by atoms with Gasteiger partial charge in [0.05, 0.1) is 13.3 Å². The maximum atomic E-state index is 10.5. The lowest BCUT2D eigenvalue weighted by Gasteiger charge is -2.13. The van der Waals surface area contributed by atoms with Gasteiger partial charge in [0.15, 0.2) is 5.75 Å². The van der Waals surface area contributed by atoms with Crippen molar-refractivity contribution >= 4 is 5.95 Å². The molecule has 0 radical (unpaired) electrons. The third kappa shape index (κ3) is 4.50. The molecule has 0 aliphatic rings. The van der Waals surface area contributed by atoms with Crippen LogP contribution in [0.2, 0.25) is 0 Å². The Bertz CT molecular complexity index is 1000. The third-order valence-electron chi connectivity index (χ3n) is 3.75. The molecular weight excluding hydrogens is 358 g/mol. The largest absolute Gasteiger partial charge is 0.507 e. The SMILES string of the molecule is C=C(C)COc1ccc(-c2nc(N)ncc2Oc2cccc(OC)c2)c(O)c1. The number of nitrogens with zero attached hydrogens (tertiary/aromatic N) is 2. The number of rotatable bonds is 7. The Morgan fingerprint density at radius 2 is 1.93 bits per heavy atom. The van der Waals surface area contributed by atoms with Crippen LogP contribution in [0.25, 0.3) is 11.3 Å². The van der Waals surface area contributed by atoms with Gasteiger partial charge < -0.3 is 25.1 Å². The fourth-order valence-electron chi connectivity index (χ4n) is 2.45. The molecule has 1 aromatic heterocycles. The van der Waals surface area contributed by atoms with E-state index in [0.717, 1.165) is 5.57 Å². The topological polar surface area (TPSA) is 99.7 Å². The van der Waals surface area contributed by atoms with Crippen LogP contribution >= 0.6 is 0 Å². The first-order valence-corrected chi connectivity index (χ1v) is 8.51. The van der Waals surface area contributed by atoms with Crippen molar-refractivity contribution < 1.29 is 19.3 Å². The number of benzene rings is 2. The molecular formula is C21H21N3O4. The van der Waals surface area contributed by atoms with Gasteiger partial charge in [-0.05, 0) is 36.8 Å². The lowest BCUT2D eigenvalue weighted by Crippen LogP contribution is -2.00. The minimum Gasteiger partial charge on any atom is -0.507 e. The Labute approximate surface area is 163 Å². The van der Waals surface area contributed by atoms with Gasteiger partial charge in [-0.2, -0.15) is 0 Å². The van der Waals surface area contributed by atoms with Gasteiger partial charge in [0, 0.05) is 17.7 Å². The Morgan fingerprint density at radius 1 is 1.14 bits per heavy atom. The van der Waals surface area contributed by atoms with Gasteiger partial charge in [-0.25, -0.2) is 9.97 Å². The second-order valence-electron chi connectivity index (χ2n) is 6.15. The van der Waals surface area contributed by atoms with Gasteiger partial charge in [-0.15, -0.1) is 0 Å². The van der Waals surface area contributed by atoms with Gasteiger partial charge in [0.1, 0.15) is 35.3 Å². The summed E-state index contributed by atoms with van der Waals surface area (Å²) in [5, 5.41) is 10.5. The van der Waals surface area contributed by atoms with Crippen molar-refractivity contribution in [2.24, 2.45) is 0 Å². The molecule has 0 atom stereocenters. The second-order valence-corrected chi connectivity index (χ2v) is 6.15. The molecule has 3 rings (SSSR count). The molecule has 0 fully saturated rings. The van der Waals surface area contributed by atoms with Gasteiger partial charge in [0.2, 0.25) is 5.95 Å². The van der Waals surface area contributed by atoms with Gasteiger partial charge in [-0.3, -0.25) is 0 Å². The molecule has 0 unspecified atom stereocenters. The summed E-state index contributed by atoms with van der Waals surface area (Å²) in [6.45, 7) is 6.01.